The summed E-state index contributed by atoms with van der Waals surface area (Å²) in [6.45, 7) is 2.80. The Bertz CT molecular complexity index is 1040. The highest BCUT2D eigenvalue weighted by atomic mass is 32.2. The van der Waals surface area contributed by atoms with E-state index in [4.69, 9.17) is 14.2 Å². The van der Waals surface area contributed by atoms with Crippen molar-refractivity contribution in [2.24, 2.45) is 0 Å². The number of fused-ring (bicyclic) bond motifs is 1. The number of tetrazole rings is 1. The first kappa shape index (κ1) is 19.2. The number of nitro benzene ring substituents is 1. The maximum atomic E-state index is 11.3. The zero-order valence-corrected chi connectivity index (χ0v) is 16.3. The van der Waals surface area contributed by atoms with Crippen LogP contribution in [-0.2, 0) is 17.1 Å². The number of nitrogens with zero attached hydrogens (tertiary/aromatic N) is 5. The third-order valence-electron chi connectivity index (χ3n) is 4.17. The first-order valence-corrected chi connectivity index (χ1v) is 9.80. The predicted molar refractivity (Wildman–Crippen MR) is 103 cm³/mol. The van der Waals surface area contributed by atoms with Crippen LogP contribution in [0.4, 0.5) is 5.69 Å². The van der Waals surface area contributed by atoms with Crippen LogP contribution in [0.15, 0.2) is 41.6 Å². The molecular weight excluding hydrogens is 398 g/mol. The molecule has 4 rings (SSSR count). The lowest BCUT2D eigenvalue weighted by molar-refractivity contribution is -0.385. The number of benzene rings is 2. The number of ether oxygens (including phenoxy) is 3. The van der Waals surface area contributed by atoms with Crippen LogP contribution in [0.2, 0.25) is 0 Å². The smallest absolute Gasteiger partial charge is 0.270 e. The fraction of sp³-hybridized carbons (Fsp3) is 0.278. The minimum atomic E-state index is -0.425. The van der Waals surface area contributed by atoms with Crippen LogP contribution >= 0.6 is 11.8 Å². The van der Waals surface area contributed by atoms with Crippen LogP contribution in [0.25, 0.3) is 5.69 Å². The number of thioether (sulfide) groups is 1. The summed E-state index contributed by atoms with van der Waals surface area (Å²) in [5.74, 6) is 1.67. The van der Waals surface area contributed by atoms with E-state index in [1.165, 1.54) is 23.9 Å². The summed E-state index contributed by atoms with van der Waals surface area (Å²) in [5.41, 5.74) is 2.06. The zero-order chi connectivity index (χ0) is 20.2. The van der Waals surface area contributed by atoms with E-state index in [2.05, 4.69) is 15.5 Å². The minimum absolute atomic E-state index is 0.00488. The van der Waals surface area contributed by atoms with Crippen molar-refractivity contribution in [1.29, 1.82) is 0 Å². The molecule has 0 radical (unpaired) electrons. The summed E-state index contributed by atoms with van der Waals surface area (Å²) in [4.78, 5) is 10.9. The molecule has 1 aliphatic rings. The van der Waals surface area contributed by atoms with Gasteiger partial charge in [-0.3, -0.25) is 10.1 Å². The molecule has 1 aromatic heterocycles. The summed E-state index contributed by atoms with van der Waals surface area (Å²) in [6.07, 6.45) is 0. The van der Waals surface area contributed by atoms with E-state index in [1.54, 1.807) is 4.68 Å². The van der Waals surface area contributed by atoms with Gasteiger partial charge in [0, 0.05) is 29.0 Å². The number of aromatic nitrogens is 4. The van der Waals surface area contributed by atoms with Crippen LogP contribution in [-0.4, -0.2) is 38.5 Å². The van der Waals surface area contributed by atoms with E-state index < -0.39 is 4.92 Å². The van der Waals surface area contributed by atoms with E-state index in [0.29, 0.717) is 45.8 Å². The largest absolute Gasteiger partial charge is 0.492 e. The monoisotopic (exact) mass is 415 g/mol. The Kier molecular flexibility index (Phi) is 5.58. The molecule has 0 aliphatic carbocycles. The number of rotatable bonds is 7. The molecule has 2 aromatic carbocycles. The molecule has 11 heteroatoms. The molecular formula is C18H17N5O5S. The first-order valence-electron chi connectivity index (χ1n) is 8.81. The van der Waals surface area contributed by atoms with Crippen molar-refractivity contribution >= 4 is 17.4 Å². The molecule has 0 amide bonds. The highest BCUT2D eigenvalue weighted by molar-refractivity contribution is 7.98. The van der Waals surface area contributed by atoms with Crippen molar-refractivity contribution in [3.8, 4) is 17.2 Å². The molecule has 0 atom stereocenters. The van der Waals surface area contributed by atoms with Crippen molar-refractivity contribution in [3.05, 3.63) is 57.6 Å². The molecule has 0 saturated carbocycles. The quantitative estimate of drug-likeness (QED) is 0.326. The molecule has 3 aromatic rings. The van der Waals surface area contributed by atoms with Crippen LogP contribution in [0, 0.1) is 10.1 Å². The van der Waals surface area contributed by atoms with E-state index in [1.807, 2.05) is 31.2 Å². The standard InChI is InChI=1S/C18H17N5O5S/c1-2-27-16-6-4-3-5-15(16)22-18(19-20-21-22)29-10-13-8-14(23(24)25)7-12-9-26-11-28-17(12)13/h3-8H,2,9-11H2,1H3. The summed E-state index contributed by atoms with van der Waals surface area (Å²) in [7, 11) is 0. The van der Waals surface area contributed by atoms with Crippen molar-refractivity contribution < 1.29 is 19.1 Å². The molecule has 1 aliphatic heterocycles. The van der Waals surface area contributed by atoms with Gasteiger partial charge in [-0.2, -0.15) is 4.68 Å². The molecule has 0 unspecified atom stereocenters. The van der Waals surface area contributed by atoms with Gasteiger partial charge in [0.25, 0.3) is 5.69 Å². The molecule has 0 saturated heterocycles. The average Bonchev–Trinajstić information content (AvgIpc) is 3.21. The van der Waals surface area contributed by atoms with Gasteiger partial charge < -0.3 is 14.2 Å². The third-order valence-corrected chi connectivity index (χ3v) is 5.14. The van der Waals surface area contributed by atoms with Crippen LogP contribution in [0.3, 0.4) is 0 Å². The SMILES string of the molecule is CCOc1ccccc1-n1nnnc1SCc1cc([N+](=O)[O-])cc2c1OCOC2. The van der Waals surface area contributed by atoms with Crippen molar-refractivity contribution in [2.75, 3.05) is 13.4 Å². The van der Waals surface area contributed by atoms with Crippen LogP contribution in [0.1, 0.15) is 18.1 Å². The van der Waals surface area contributed by atoms with Gasteiger partial charge in [0.1, 0.15) is 17.2 Å². The van der Waals surface area contributed by atoms with Gasteiger partial charge in [-0.15, -0.1) is 5.10 Å². The Morgan fingerprint density at radius 3 is 3.03 bits per heavy atom. The summed E-state index contributed by atoms with van der Waals surface area (Å²) >= 11 is 1.35. The number of non-ortho nitro benzene ring substituents is 1. The zero-order valence-electron chi connectivity index (χ0n) is 15.5. The van der Waals surface area contributed by atoms with Crippen LogP contribution < -0.4 is 9.47 Å². The summed E-state index contributed by atoms with van der Waals surface area (Å²) < 4.78 is 18.1. The predicted octanol–water partition coefficient (Wildman–Crippen LogP) is 3.13. The van der Waals surface area contributed by atoms with Gasteiger partial charge in [0.2, 0.25) is 5.16 Å². The van der Waals surface area contributed by atoms with E-state index in [0.717, 1.165) is 0 Å². The molecule has 0 N–H and O–H groups in total. The summed E-state index contributed by atoms with van der Waals surface area (Å²) in [5, 5.41) is 23.7. The number of nitro groups is 1. The molecule has 10 nitrogen and oxygen atoms in total. The molecule has 29 heavy (non-hydrogen) atoms. The maximum Gasteiger partial charge on any atom is 0.270 e. The third kappa shape index (κ3) is 4.00. The van der Waals surface area contributed by atoms with Gasteiger partial charge in [-0.25, -0.2) is 0 Å². The molecule has 0 spiro atoms. The number of hydrogen-bond donors (Lipinski definition) is 0. The van der Waals surface area contributed by atoms with Crippen LogP contribution in [0.5, 0.6) is 11.5 Å². The average molecular weight is 415 g/mol. The van der Waals surface area contributed by atoms with E-state index in [9.17, 15) is 10.1 Å². The Morgan fingerprint density at radius 1 is 1.34 bits per heavy atom. The highest BCUT2D eigenvalue weighted by Gasteiger charge is 2.22. The minimum Gasteiger partial charge on any atom is -0.492 e. The molecule has 2 heterocycles. The van der Waals surface area contributed by atoms with Crippen molar-refractivity contribution in [2.45, 2.75) is 24.4 Å². The lowest BCUT2D eigenvalue weighted by Gasteiger charge is -2.20. The van der Waals surface area contributed by atoms with Crippen molar-refractivity contribution in [1.82, 2.24) is 20.2 Å². The Balaban J connectivity index is 1.63. The van der Waals surface area contributed by atoms with E-state index >= 15 is 0 Å². The van der Waals surface area contributed by atoms with E-state index in [-0.39, 0.29) is 19.1 Å². The summed E-state index contributed by atoms with van der Waals surface area (Å²) in [6, 6.07) is 10.4. The Morgan fingerprint density at radius 2 is 2.21 bits per heavy atom. The van der Waals surface area contributed by atoms with Gasteiger partial charge in [0.15, 0.2) is 6.79 Å². The van der Waals surface area contributed by atoms with Gasteiger partial charge >= 0.3 is 0 Å². The fourth-order valence-corrected chi connectivity index (χ4v) is 3.82. The number of hydrogen-bond acceptors (Lipinski definition) is 9. The second-order valence-corrected chi connectivity index (χ2v) is 6.97. The normalized spacial score (nSPS) is 12.9. The maximum absolute atomic E-state index is 11.3. The Labute approximate surface area is 169 Å². The highest BCUT2D eigenvalue weighted by Crippen LogP contribution is 2.36. The fourth-order valence-electron chi connectivity index (χ4n) is 2.97. The van der Waals surface area contributed by atoms with Gasteiger partial charge in [0.05, 0.1) is 18.1 Å². The topological polar surface area (TPSA) is 114 Å². The lowest BCUT2D eigenvalue weighted by Crippen LogP contribution is -2.13. The molecule has 0 bridgehead atoms. The van der Waals surface area contributed by atoms with Gasteiger partial charge in [-0.1, -0.05) is 23.9 Å². The molecule has 0 fully saturated rings. The van der Waals surface area contributed by atoms with Gasteiger partial charge in [-0.05, 0) is 29.5 Å². The first-order chi connectivity index (χ1) is 14.2. The molecule has 150 valence electrons. The van der Waals surface area contributed by atoms with Crippen molar-refractivity contribution in [3.63, 3.8) is 0 Å². The lowest BCUT2D eigenvalue weighted by atomic mass is 10.1. The number of para-hydroxylation sites is 2. The Hall–Kier alpha value is -3.18. The second kappa shape index (κ2) is 8.45. The second-order valence-electron chi connectivity index (χ2n) is 6.02.